The minimum Gasteiger partial charge on any atom is -0.481 e. The predicted octanol–water partition coefficient (Wildman–Crippen LogP) is 3.80. The number of carbonyl (C=O) groups excluding carboxylic acids is 1. The number of rotatable bonds is 4. The van der Waals surface area contributed by atoms with Gasteiger partial charge in [0.1, 0.15) is 0 Å². The van der Waals surface area contributed by atoms with Crippen molar-refractivity contribution in [1.29, 1.82) is 0 Å². The van der Waals surface area contributed by atoms with Crippen LogP contribution in [0.4, 0.5) is 5.13 Å². The number of amides is 1. The SMILES string of the molecule is Cc1nc(NC(=O)[C@@H]2[C@@H]3CC[C@@H](C3)[C@@H]2C(=O)O)sc1-c1ccccc1. The number of carboxylic acids is 1. The zero-order valence-electron chi connectivity index (χ0n) is 13.9. The highest BCUT2D eigenvalue weighted by Crippen LogP contribution is 2.52. The van der Waals surface area contributed by atoms with E-state index in [-0.39, 0.29) is 17.7 Å². The minimum absolute atomic E-state index is 0.149. The predicted molar refractivity (Wildman–Crippen MR) is 96.4 cm³/mol. The third-order valence-corrected chi connectivity index (χ3v) is 6.69. The number of nitrogens with one attached hydrogen (secondary N) is 1. The van der Waals surface area contributed by atoms with E-state index in [2.05, 4.69) is 10.3 Å². The number of hydrogen-bond acceptors (Lipinski definition) is 4. The Morgan fingerprint density at radius 3 is 2.52 bits per heavy atom. The van der Waals surface area contributed by atoms with Crippen LogP contribution in [0, 0.1) is 30.6 Å². The summed E-state index contributed by atoms with van der Waals surface area (Å²) >= 11 is 1.44. The van der Waals surface area contributed by atoms with Gasteiger partial charge in [-0.3, -0.25) is 9.59 Å². The lowest BCUT2D eigenvalue weighted by atomic mass is 9.79. The first-order valence-corrected chi connectivity index (χ1v) is 9.42. The molecule has 4 rings (SSSR count). The van der Waals surface area contributed by atoms with Crippen molar-refractivity contribution in [2.75, 3.05) is 5.32 Å². The van der Waals surface area contributed by atoms with E-state index in [4.69, 9.17) is 0 Å². The molecular weight excluding hydrogens is 336 g/mol. The average Bonchev–Trinajstić information content (AvgIpc) is 3.29. The number of carboxylic acid groups (broad SMARTS) is 1. The normalized spacial score (nSPS) is 27.4. The second-order valence-corrected chi connectivity index (χ2v) is 8.01. The fraction of sp³-hybridized carbons (Fsp3) is 0.421. The zero-order valence-corrected chi connectivity index (χ0v) is 14.8. The number of fused-ring (bicyclic) bond motifs is 2. The molecule has 25 heavy (non-hydrogen) atoms. The molecule has 130 valence electrons. The zero-order chi connectivity index (χ0) is 17.6. The van der Waals surface area contributed by atoms with Crippen LogP contribution >= 0.6 is 11.3 Å². The van der Waals surface area contributed by atoms with Crippen LogP contribution in [0.3, 0.4) is 0 Å². The van der Waals surface area contributed by atoms with E-state index in [1.165, 1.54) is 11.3 Å². The van der Waals surface area contributed by atoms with Crippen molar-refractivity contribution in [3.63, 3.8) is 0 Å². The smallest absolute Gasteiger partial charge is 0.307 e. The molecule has 1 aromatic carbocycles. The van der Waals surface area contributed by atoms with E-state index in [1.54, 1.807) is 0 Å². The largest absolute Gasteiger partial charge is 0.481 e. The average molecular weight is 356 g/mol. The number of hydrogen-bond donors (Lipinski definition) is 2. The fourth-order valence-electron chi connectivity index (χ4n) is 4.52. The van der Waals surface area contributed by atoms with E-state index in [9.17, 15) is 14.7 Å². The molecule has 5 nitrogen and oxygen atoms in total. The summed E-state index contributed by atoms with van der Waals surface area (Å²) < 4.78 is 0. The van der Waals surface area contributed by atoms with E-state index < -0.39 is 17.8 Å². The van der Waals surface area contributed by atoms with Crippen molar-refractivity contribution in [2.24, 2.45) is 23.7 Å². The molecular formula is C19H20N2O3S. The highest BCUT2D eigenvalue weighted by Gasteiger charge is 2.54. The Kier molecular flexibility index (Phi) is 4.07. The number of benzene rings is 1. The Labute approximate surface area is 150 Å². The van der Waals surface area contributed by atoms with Crippen LogP contribution in [-0.4, -0.2) is 22.0 Å². The summed E-state index contributed by atoms with van der Waals surface area (Å²) in [6, 6.07) is 9.94. The summed E-state index contributed by atoms with van der Waals surface area (Å²) in [7, 11) is 0. The quantitative estimate of drug-likeness (QED) is 0.873. The van der Waals surface area contributed by atoms with Gasteiger partial charge in [0.05, 0.1) is 22.4 Å². The molecule has 0 unspecified atom stereocenters. The lowest BCUT2D eigenvalue weighted by Gasteiger charge is -2.26. The van der Waals surface area contributed by atoms with Gasteiger partial charge in [0.2, 0.25) is 5.91 Å². The Bertz CT molecular complexity index is 817. The van der Waals surface area contributed by atoms with Gasteiger partial charge in [-0.2, -0.15) is 0 Å². The van der Waals surface area contributed by atoms with Crippen molar-refractivity contribution in [3.8, 4) is 10.4 Å². The van der Waals surface area contributed by atoms with E-state index >= 15 is 0 Å². The van der Waals surface area contributed by atoms with Crippen LogP contribution in [0.25, 0.3) is 10.4 Å². The lowest BCUT2D eigenvalue weighted by Crippen LogP contribution is -2.37. The maximum Gasteiger partial charge on any atom is 0.307 e. The summed E-state index contributed by atoms with van der Waals surface area (Å²) in [5, 5.41) is 13.0. The lowest BCUT2D eigenvalue weighted by molar-refractivity contribution is -0.148. The van der Waals surface area contributed by atoms with Crippen LogP contribution in [-0.2, 0) is 9.59 Å². The number of nitrogens with zero attached hydrogens (tertiary/aromatic N) is 1. The monoisotopic (exact) mass is 356 g/mol. The number of anilines is 1. The Hall–Kier alpha value is -2.21. The first-order valence-electron chi connectivity index (χ1n) is 8.61. The van der Waals surface area contributed by atoms with Crippen molar-refractivity contribution in [3.05, 3.63) is 36.0 Å². The molecule has 2 saturated carbocycles. The minimum atomic E-state index is -0.840. The molecule has 1 aromatic heterocycles. The first kappa shape index (κ1) is 16.3. The summed E-state index contributed by atoms with van der Waals surface area (Å²) in [5.74, 6) is -1.66. The van der Waals surface area contributed by atoms with Crippen molar-refractivity contribution >= 4 is 28.3 Å². The molecule has 1 amide bonds. The van der Waals surface area contributed by atoms with Gasteiger partial charge in [-0.15, -0.1) is 0 Å². The number of aromatic nitrogens is 1. The van der Waals surface area contributed by atoms with Crippen LogP contribution < -0.4 is 5.32 Å². The van der Waals surface area contributed by atoms with Gasteiger partial charge in [-0.05, 0) is 43.6 Å². The molecule has 2 aliphatic carbocycles. The van der Waals surface area contributed by atoms with Gasteiger partial charge in [-0.1, -0.05) is 41.7 Å². The maximum atomic E-state index is 12.8. The summed E-state index contributed by atoms with van der Waals surface area (Å²) in [5.41, 5.74) is 1.94. The third kappa shape index (κ3) is 2.84. The summed E-state index contributed by atoms with van der Waals surface area (Å²) in [6.07, 6.45) is 2.75. The van der Waals surface area contributed by atoms with Gasteiger partial charge >= 0.3 is 5.97 Å². The van der Waals surface area contributed by atoms with Gasteiger partial charge < -0.3 is 10.4 Å². The molecule has 6 heteroatoms. The Morgan fingerprint density at radius 1 is 1.16 bits per heavy atom. The number of aryl methyl sites for hydroxylation is 1. The third-order valence-electron chi connectivity index (χ3n) is 5.57. The molecule has 0 saturated heterocycles. The van der Waals surface area contributed by atoms with Crippen molar-refractivity contribution in [1.82, 2.24) is 4.98 Å². The molecule has 4 atom stereocenters. The van der Waals surface area contributed by atoms with Gasteiger partial charge in [0.15, 0.2) is 5.13 Å². The second-order valence-electron chi connectivity index (χ2n) is 7.01. The van der Waals surface area contributed by atoms with Crippen LogP contribution in [0.5, 0.6) is 0 Å². The van der Waals surface area contributed by atoms with Gasteiger partial charge in [0.25, 0.3) is 0 Å². The fourth-order valence-corrected chi connectivity index (χ4v) is 5.49. The highest BCUT2D eigenvalue weighted by atomic mass is 32.1. The molecule has 0 radical (unpaired) electrons. The van der Waals surface area contributed by atoms with E-state index in [0.717, 1.165) is 35.4 Å². The molecule has 0 aliphatic heterocycles. The first-order chi connectivity index (χ1) is 12.0. The molecule has 2 aromatic rings. The van der Waals surface area contributed by atoms with Crippen molar-refractivity contribution in [2.45, 2.75) is 26.2 Å². The molecule has 1 heterocycles. The molecule has 2 aliphatic rings. The van der Waals surface area contributed by atoms with Gasteiger partial charge in [0, 0.05) is 0 Å². The van der Waals surface area contributed by atoms with Crippen LogP contribution in [0.2, 0.25) is 0 Å². The number of thiazole rings is 1. The van der Waals surface area contributed by atoms with Crippen molar-refractivity contribution < 1.29 is 14.7 Å². The highest BCUT2D eigenvalue weighted by molar-refractivity contribution is 7.19. The topological polar surface area (TPSA) is 79.3 Å². The molecule has 2 bridgehead atoms. The molecule has 2 N–H and O–H groups in total. The summed E-state index contributed by atoms with van der Waals surface area (Å²) in [6.45, 7) is 1.92. The molecule has 0 spiro atoms. The Morgan fingerprint density at radius 2 is 1.84 bits per heavy atom. The van der Waals surface area contributed by atoms with E-state index in [1.807, 2.05) is 37.3 Å². The number of aliphatic carboxylic acids is 1. The summed E-state index contributed by atoms with van der Waals surface area (Å²) in [4.78, 5) is 29.9. The standard InChI is InChI=1S/C19H20N2O3S/c1-10-16(11-5-3-2-4-6-11)25-19(20-10)21-17(22)14-12-7-8-13(9-12)15(14)18(23)24/h2-6,12-15H,7-9H2,1H3,(H,23,24)(H,20,21,22)/t12-,13+,14-,15+/m1/s1. The second kappa shape index (κ2) is 6.26. The van der Waals surface area contributed by atoms with Gasteiger partial charge in [-0.25, -0.2) is 4.98 Å². The van der Waals surface area contributed by atoms with E-state index in [0.29, 0.717) is 5.13 Å². The van der Waals surface area contributed by atoms with Crippen LogP contribution in [0.15, 0.2) is 30.3 Å². The maximum absolute atomic E-state index is 12.8. The van der Waals surface area contributed by atoms with Crippen LogP contribution in [0.1, 0.15) is 25.0 Å². The molecule has 2 fully saturated rings. The Balaban J connectivity index is 1.55. The number of carbonyl (C=O) groups is 2.